The number of likely N-dealkylation sites (tertiary alicyclic amines) is 1. The van der Waals surface area contributed by atoms with Crippen LogP contribution in [0.4, 0.5) is 0 Å². The second-order valence-electron chi connectivity index (χ2n) is 5.10. The van der Waals surface area contributed by atoms with E-state index in [0.717, 1.165) is 24.8 Å². The van der Waals surface area contributed by atoms with E-state index in [9.17, 15) is 9.59 Å². The molecule has 1 aromatic heterocycles. The van der Waals surface area contributed by atoms with E-state index in [2.05, 4.69) is 0 Å². The molecule has 0 bridgehead atoms. The predicted octanol–water partition coefficient (Wildman–Crippen LogP) is 1.57. The molecule has 1 fully saturated rings. The van der Waals surface area contributed by atoms with Crippen molar-refractivity contribution < 1.29 is 14.0 Å². The number of amides is 1. The molecule has 1 aromatic carbocycles. The summed E-state index contributed by atoms with van der Waals surface area (Å²) in [6, 6.07) is 7.10. The quantitative estimate of drug-likeness (QED) is 0.857. The van der Waals surface area contributed by atoms with Gasteiger partial charge in [0.1, 0.15) is 11.8 Å². The van der Waals surface area contributed by atoms with Gasteiger partial charge in [-0.25, -0.2) is 0 Å². The number of carbonyl (C=O) groups excluding carboxylic acids is 2. The lowest BCUT2D eigenvalue weighted by atomic mass is 10.1. The van der Waals surface area contributed by atoms with Crippen molar-refractivity contribution in [1.82, 2.24) is 4.90 Å². The first-order chi connectivity index (χ1) is 9.66. The van der Waals surface area contributed by atoms with Gasteiger partial charge in [0.15, 0.2) is 5.78 Å². The first kappa shape index (κ1) is 12.9. The molecule has 2 aromatic rings. The van der Waals surface area contributed by atoms with E-state index in [4.69, 9.17) is 10.2 Å². The van der Waals surface area contributed by atoms with Crippen LogP contribution in [0.2, 0.25) is 0 Å². The van der Waals surface area contributed by atoms with Crippen LogP contribution in [0.3, 0.4) is 0 Å². The van der Waals surface area contributed by atoms with Crippen molar-refractivity contribution in [2.45, 2.75) is 18.9 Å². The van der Waals surface area contributed by atoms with E-state index in [1.807, 2.05) is 29.2 Å². The van der Waals surface area contributed by atoms with Crippen molar-refractivity contribution in [3.63, 3.8) is 0 Å². The number of nitrogens with two attached hydrogens (primary N) is 1. The molecule has 104 valence electrons. The number of fused-ring (bicyclic) bond motifs is 1. The summed E-state index contributed by atoms with van der Waals surface area (Å²) >= 11 is 0. The van der Waals surface area contributed by atoms with Gasteiger partial charge in [0.2, 0.25) is 5.91 Å². The van der Waals surface area contributed by atoms with Crippen LogP contribution >= 0.6 is 0 Å². The van der Waals surface area contributed by atoms with Crippen molar-refractivity contribution in [3.8, 4) is 0 Å². The third-order valence-corrected chi connectivity index (χ3v) is 3.82. The van der Waals surface area contributed by atoms with Crippen molar-refractivity contribution >= 4 is 22.7 Å². The molecule has 0 aliphatic carbocycles. The summed E-state index contributed by atoms with van der Waals surface area (Å²) < 4.78 is 5.38. The topological polar surface area (TPSA) is 76.5 Å². The van der Waals surface area contributed by atoms with Crippen molar-refractivity contribution in [2.24, 2.45) is 5.73 Å². The summed E-state index contributed by atoms with van der Waals surface area (Å²) in [7, 11) is 0. The van der Waals surface area contributed by atoms with Gasteiger partial charge in [0, 0.05) is 5.39 Å². The Labute approximate surface area is 116 Å². The summed E-state index contributed by atoms with van der Waals surface area (Å²) in [6.45, 7) is 0.937. The Bertz CT molecular complexity index is 662. The molecule has 1 amide bonds. The molecule has 3 rings (SSSR count). The summed E-state index contributed by atoms with van der Waals surface area (Å²) in [6.07, 6.45) is 3.12. The minimum absolute atomic E-state index is 0.0388. The Morgan fingerprint density at radius 3 is 2.95 bits per heavy atom. The molecule has 1 saturated heterocycles. The molecule has 1 aliphatic rings. The van der Waals surface area contributed by atoms with Crippen LogP contribution in [0.5, 0.6) is 0 Å². The maximum Gasteiger partial charge on any atom is 0.234 e. The molecular weight excluding hydrogens is 256 g/mol. The Kier molecular flexibility index (Phi) is 3.28. The maximum atomic E-state index is 12.4. The molecule has 5 nitrogen and oxygen atoms in total. The van der Waals surface area contributed by atoms with Gasteiger partial charge in [-0.2, -0.15) is 0 Å². The van der Waals surface area contributed by atoms with Crippen LogP contribution in [-0.2, 0) is 4.79 Å². The van der Waals surface area contributed by atoms with Crippen LogP contribution in [0, 0.1) is 0 Å². The number of furan rings is 1. The molecule has 0 saturated carbocycles. The summed E-state index contributed by atoms with van der Waals surface area (Å²) in [5.41, 5.74) is 6.63. The number of nitrogens with zero attached hydrogens (tertiary/aromatic N) is 1. The van der Waals surface area contributed by atoms with E-state index in [0.29, 0.717) is 11.1 Å². The zero-order valence-corrected chi connectivity index (χ0v) is 11.0. The van der Waals surface area contributed by atoms with Gasteiger partial charge in [-0.05, 0) is 25.5 Å². The highest BCUT2D eigenvalue weighted by Crippen LogP contribution is 2.23. The summed E-state index contributed by atoms with van der Waals surface area (Å²) in [5.74, 6) is -0.393. The van der Waals surface area contributed by atoms with Crippen molar-refractivity contribution in [2.75, 3.05) is 13.1 Å². The number of para-hydroxylation sites is 1. The molecule has 2 heterocycles. The van der Waals surface area contributed by atoms with Crippen LogP contribution in [-0.4, -0.2) is 35.7 Å². The van der Waals surface area contributed by atoms with Crippen molar-refractivity contribution in [1.29, 1.82) is 0 Å². The number of carbonyl (C=O) groups is 2. The van der Waals surface area contributed by atoms with Gasteiger partial charge in [-0.1, -0.05) is 18.2 Å². The van der Waals surface area contributed by atoms with E-state index in [1.165, 1.54) is 6.26 Å². The SMILES string of the molecule is NC(=O)C1CCCN1CC(=O)c1coc2ccccc12. The molecule has 1 atom stereocenters. The largest absolute Gasteiger partial charge is 0.464 e. The molecule has 2 N–H and O–H groups in total. The number of primary amides is 1. The minimum Gasteiger partial charge on any atom is -0.464 e. The van der Waals surface area contributed by atoms with Gasteiger partial charge in [0.25, 0.3) is 0 Å². The molecule has 0 radical (unpaired) electrons. The van der Waals surface area contributed by atoms with Crippen LogP contribution in [0.15, 0.2) is 34.9 Å². The third-order valence-electron chi connectivity index (χ3n) is 3.82. The smallest absolute Gasteiger partial charge is 0.234 e. The highest BCUT2D eigenvalue weighted by atomic mass is 16.3. The Morgan fingerprint density at radius 1 is 1.35 bits per heavy atom. The van der Waals surface area contributed by atoms with Gasteiger partial charge < -0.3 is 10.2 Å². The number of hydrogen-bond donors (Lipinski definition) is 1. The normalized spacial score (nSPS) is 19.5. The van der Waals surface area contributed by atoms with Crippen LogP contribution in [0.1, 0.15) is 23.2 Å². The lowest BCUT2D eigenvalue weighted by Gasteiger charge is -2.20. The minimum atomic E-state index is -0.354. The lowest BCUT2D eigenvalue weighted by Crippen LogP contribution is -2.42. The Hall–Kier alpha value is -2.14. The number of rotatable bonds is 4. The van der Waals surface area contributed by atoms with Crippen LogP contribution in [0.25, 0.3) is 11.0 Å². The highest BCUT2D eigenvalue weighted by Gasteiger charge is 2.30. The summed E-state index contributed by atoms with van der Waals surface area (Å²) in [5, 5.41) is 0.812. The fourth-order valence-electron chi connectivity index (χ4n) is 2.80. The van der Waals surface area contributed by atoms with E-state index >= 15 is 0 Å². The first-order valence-corrected chi connectivity index (χ1v) is 6.69. The average Bonchev–Trinajstić information content (AvgIpc) is 3.04. The van der Waals surface area contributed by atoms with Crippen LogP contribution < -0.4 is 5.73 Å². The Balaban J connectivity index is 1.81. The Morgan fingerprint density at radius 2 is 2.15 bits per heavy atom. The van der Waals surface area contributed by atoms with E-state index < -0.39 is 0 Å². The molecule has 0 spiro atoms. The number of Topliss-reactive ketones (excluding diaryl/α,β-unsaturated/α-hetero) is 1. The predicted molar refractivity (Wildman–Crippen MR) is 74.3 cm³/mol. The fourth-order valence-corrected chi connectivity index (χ4v) is 2.80. The average molecular weight is 272 g/mol. The van der Waals surface area contributed by atoms with Gasteiger partial charge in [-0.15, -0.1) is 0 Å². The summed E-state index contributed by atoms with van der Waals surface area (Å²) in [4.78, 5) is 25.6. The second-order valence-corrected chi connectivity index (χ2v) is 5.10. The number of ketones is 1. The molecule has 5 heteroatoms. The monoisotopic (exact) mass is 272 g/mol. The molecular formula is C15H16N2O3. The molecule has 1 aliphatic heterocycles. The maximum absolute atomic E-state index is 12.4. The molecule has 1 unspecified atom stereocenters. The van der Waals surface area contributed by atoms with Gasteiger partial charge in [0.05, 0.1) is 18.2 Å². The zero-order valence-electron chi connectivity index (χ0n) is 11.0. The molecule has 20 heavy (non-hydrogen) atoms. The zero-order chi connectivity index (χ0) is 14.1. The first-order valence-electron chi connectivity index (χ1n) is 6.69. The fraction of sp³-hybridized carbons (Fsp3) is 0.333. The number of hydrogen-bond acceptors (Lipinski definition) is 4. The van der Waals surface area contributed by atoms with E-state index in [1.54, 1.807) is 0 Å². The number of benzene rings is 1. The standard InChI is InChI=1S/C15H16N2O3/c16-15(19)12-5-3-7-17(12)8-13(18)11-9-20-14-6-2-1-4-10(11)14/h1-2,4,6,9,12H,3,5,7-8H2,(H2,16,19). The highest BCUT2D eigenvalue weighted by molar-refractivity contribution is 6.08. The second kappa shape index (κ2) is 5.09. The van der Waals surface area contributed by atoms with Crippen molar-refractivity contribution in [3.05, 3.63) is 36.1 Å². The van der Waals surface area contributed by atoms with Gasteiger partial charge in [-0.3, -0.25) is 14.5 Å². The van der Waals surface area contributed by atoms with E-state index in [-0.39, 0.29) is 24.3 Å². The lowest BCUT2D eigenvalue weighted by molar-refractivity contribution is -0.122. The van der Waals surface area contributed by atoms with Gasteiger partial charge >= 0.3 is 0 Å². The third kappa shape index (κ3) is 2.20.